The number of carbonyl (C=O) groups excluding carboxylic acids is 2. The summed E-state index contributed by atoms with van der Waals surface area (Å²) < 4.78 is 5.64. The number of hydrogen-bond donors (Lipinski definition) is 1. The first-order chi connectivity index (χ1) is 11.8. The van der Waals surface area contributed by atoms with E-state index >= 15 is 0 Å². The van der Waals surface area contributed by atoms with Crippen LogP contribution in [0.5, 0.6) is 5.75 Å². The second-order valence-electron chi connectivity index (χ2n) is 8.30. The maximum atomic E-state index is 13.2. The van der Waals surface area contributed by atoms with Gasteiger partial charge in [0.2, 0.25) is 0 Å². The molecule has 1 spiro atoms. The van der Waals surface area contributed by atoms with Crippen LogP contribution >= 0.6 is 0 Å². The molecular weight excluding hydrogens is 316 g/mol. The quantitative estimate of drug-likeness (QED) is 0.847. The van der Waals surface area contributed by atoms with Crippen LogP contribution in [-0.4, -0.2) is 29.0 Å². The highest BCUT2D eigenvalue weighted by Gasteiger charge is 2.56. The van der Waals surface area contributed by atoms with Crippen LogP contribution in [0.4, 0.5) is 4.79 Å². The van der Waals surface area contributed by atoms with Gasteiger partial charge in [-0.1, -0.05) is 39.0 Å². The van der Waals surface area contributed by atoms with Crippen molar-refractivity contribution in [2.45, 2.75) is 59.0 Å². The van der Waals surface area contributed by atoms with E-state index in [-0.39, 0.29) is 23.9 Å². The highest BCUT2D eigenvalue weighted by Crippen LogP contribution is 2.46. The first-order valence-electron chi connectivity index (χ1n) is 9.11. The van der Waals surface area contributed by atoms with Crippen molar-refractivity contribution in [2.75, 3.05) is 6.61 Å². The number of carbonyl (C=O) groups is 2. The van der Waals surface area contributed by atoms with E-state index in [9.17, 15) is 9.59 Å². The van der Waals surface area contributed by atoms with Crippen LogP contribution in [0.25, 0.3) is 0 Å². The fourth-order valence-electron chi connectivity index (χ4n) is 4.75. The number of amides is 3. The Bertz CT molecular complexity index is 685. The van der Waals surface area contributed by atoms with Gasteiger partial charge in [0.05, 0.1) is 13.2 Å². The summed E-state index contributed by atoms with van der Waals surface area (Å²) in [6, 6.07) is 7.29. The average molecular weight is 344 g/mol. The Hall–Kier alpha value is -2.04. The van der Waals surface area contributed by atoms with Crippen LogP contribution in [0, 0.1) is 11.3 Å². The fourth-order valence-corrected chi connectivity index (χ4v) is 4.75. The molecule has 3 amide bonds. The molecule has 0 bridgehead atoms. The third-order valence-electron chi connectivity index (χ3n) is 5.23. The van der Waals surface area contributed by atoms with Crippen molar-refractivity contribution in [3.05, 3.63) is 29.8 Å². The Kier molecular flexibility index (Phi) is 4.52. The molecule has 5 nitrogen and oxygen atoms in total. The molecule has 3 rings (SSSR count). The number of ether oxygens (including phenoxy) is 1. The summed E-state index contributed by atoms with van der Waals surface area (Å²) in [7, 11) is 0. The predicted molar refractivity (Wildman–Crippen MR) is 96.2 cm³/mol. The van der Waals surface area contributed by atoms with Crippen LogP contribution < -0.4 is 10.1 Å². The van der Waals surface area contributed by atoms with Crippen molar-refractivity contribution in [2.24, 2.45) is 11.3 Å². The summed E-state index contributed by atoms with van der Waals surface area (Å²) in [5.74, 6) is 1.04. The van der Waals surface area contributed by atoms with Gasteiger partial charge in [0.15, 0.2) is 0 Å². The number of imide groups is 1. The molecule has 0 radical (unpaired) electrons. The molecule has 1 aliphatic heterocycles. The summed E-state index contributed by atoms with van der Waals surface area (Å²) in [5, 5.41) is 3.02. The molecule has 1 saturated carbocycles. The lowest BCUT2D eigenvalue weighted by molar-refractivity contribution is -0.135. The van der Waals surface area contributed by atoms with Gasteiger partial charge in [0.25, 0.3) is 5.91 Å². The highest BCUT2D eigenvalue weighted by molar-refractivity contribution is 6.07. The van der Waals surface area contributed by atoms with E-state index in [4.69, 9.17) is 4.74 Å². The monoisotopic (exact) mass is 344 g/mol. The Labute approximate surface area is 149 Å². The van der Waals surface area contributed by atoms with E-state index in [2.05, 4.69) is 26.1 Å². The van der Waals surface area contributed by atoms with Crippen LogP contribution in [-0.2, 0) is 11.3 Å². The van der Waals surface area contributed by atoms with Gasteiger partial charge < -0.3 is 10.1 Å². The number of para-hydroxylation sites is 1. The molecule has 25 heavy (non-hydrogen) atoms. The SMILES string of the molecule is CCOc1ccccc1CN1C(=O)N[C@@]2(C[C@H](C)CC(C)(C)C2)C1=O. The smallest absolute Gasteiger partial charge is 0.325 e. The molecule has 1 aromatic rings. The Morgan fingerprint density at radius 1 is 1.24 bits per heavy atom. The summed E-state index contributed by atoms with van der Waals surface area (Å²) >= 11 is 0. The Morgan fingerprint density at radius 2 is 1.96 bits per heavy atom. The first-order valence-corrected chi connectivity index (χ1v) is 9.11. The van der Waals surface area contributed by atoms with Gasteiger partial charge in [0, 0.05) is 5.56 Å². The number of urea groups is 1. The molecule has 1 aliphatic carbocycles. The zero-order chi connectivity index (χ0) is 18.2. The molecule has 136 valence electrons. The van der Waals surface area contributed by atoms with Crippen molar-refractivity contribution < 1.29 is 14.3 Å². The first kappa shape index (κ1) is 17.8. The Balaban J connectivity index is 1.85. The molecule has 0 aromatic heterocycles. The highest BCUT2D eigenvalue weighted by atomic mass is 16.5. The van der Waals surface area contributed by atoms with Crippen molar-refractivity contribution in [3.8, 4) is 5.75 Å². The Morgan fingerprint density at radius 3 is 2.64 bits per heavy atom. The number of nitrogens with one attached hydrogen (secondary N) is 1. The summed E-state index contributed by atoms with van der Waals surface area (Å²) in [6.07, 6.45) is 2.48. The molecule has 1 aromatic carbocycles. The van der Waals surface area contributed by atoms with Gasteiger partial charge in [-0.2, -0.15) is 0 Å². The van der Waals surface area contributed by atoms with E-state index in [1.165, 1.54) is 4.90 Å². The maximum absolute atomic E-state index is 13.2. The van der Waals surface area contributed by atoms with E-state index in [1.54, 1.807) is 0 Å². The third kappa shape index (κ3) is 3.37. The van der Waals surface area contributed by atoms with E-state index in [0.29, 0.717) is 25.4 Å². The van der Waals surface area contributed by atoms with Gasteiger partial charge in [-0.25, -0.2) is 4.79 Å². The topological polar surface area (TPSA) is 58.6 Å². The van der Waals surface area contributed by atoms with Crippen molar-refractivity contribution in [1.29, 1.82) is 0 Å². The van der Waals surface area contributed by atoms with Gasteiger partial charge in [-0.3, -0.25) is 9.69 Å². The minimum absolute atomic E-state index is 0.0415. The largest absolute Gasteiger partial charge is 0.494 e. The summed E-state index contributed by atoms with van der Waals surface area (Å²) in [5.41, 5.74) is 0.145. The minimum Gasteiger partial charge on any atom is -0.494 e. The van der Waals surface area contributed by atoms with Crippen molar-refractivity contribution in [1.82, 2.24) is 10.2 Å². The second kappa shape index (κ2) is 6.36. The number of hydrogen-bond acceptors (Lipinski definition) is 3. The number of rotatable bonds is 4. The van der Waals surface area contributed by atoms with Crippen LogP contribution in [0.3, 0.4) is 0 Å². The molecule has 1 heterocycles. The summed E-state index contributed by atoms with van der Waals surface area (Å²) in [6.45, 7) is 9.23. The molecule has 1 N–H and O–H groups in total. The lowest BCUT2D eigenvalue weighted by atomic mass is 9.64. The molecule has 2 aliphatic rings. The maximum Gasteiger partial charge on any atom is 0.325 e. The minimum atomic E-state index is -0.751. The number of benzene rings is 1. The van der Waals surface area contributed by atoms with Gasteiger partial charge in [-0.15, -0.1) is 0 Å². The van der Waals surface area contributed by atoms with E-state index in [1.807, 2.05) is 31.2 Å². The van der Waals surface area contributed by atoms with Crippen molar-refractivity contribution in [3.63, 3.8) is 0 Å². The zero-order valence-corrected chi connectivity index (χ0v) is 15.6. The molecular formula is C20H28N2O3. The lowest BCUT2D eigenvalue weighted by Crippen LogP contribution is -2.54. The molecule has 2 fully saturated rings. The van der Waals surface area contributed by atoms with Crippen molar-refractivity contribution >= 4 is 11.9 Å². The van der Waals surface area contributed by atoms with E-state index < -0.39 is 5.54 Å². The van der Waals surface area contributed by atoms with Crippen LogP contribution in [0.15, 0.2) is 24.3 Å². The van der Waals surface area contributed by atoms with Gasteiger partial charge in [0.1, 0.15) is 11.3 Å². The third-order valence-corrected chi connectivity index (χ3v) is 5.23. The van der Waals surface area contributed by atoms with Crippen LogP contribution in [0.1, 0.15) is 52.5 Å². The molecule has 1 saturated heterocycles. The fraction of sp³-hybridized carbons (Fsp3) is 0.600. The number of nitrogens with zero attached hydrogens (tertiary/aromatic N) is 1. The average Bonchev–Trinajstić information content (AvgIpc) is 2.71. The lowest BCUT2D eigenvalue weighted by Gasteiger charge is -2.43. The van der Waals surface area contributed by atoms with Gasteiger partial charge >= 0.3 is 6.03 Å². The normalized spacial score (nSPS) is 28.3. The molecule has 2 atom stereocenters. The van der Waals surface area contributed by atoms with E-state index in [0.717, 1.165) is 17.7 Å². The molecule has 0 unspecified atom stereocenters. The zero-order valence-electron chi connectivity index (χ0n) is 15.6. The second-order valence-corrected chi connectivity index (χ2v) is 8.30. The summed E-state index contributed by atoms with van der Waals surface area (Å²) in [4.78, 5) is 27.2. The standard InChI is InChI=1S/C20H28N2O3/c1-5-25-16-9-7-6-8-15(16)12-22-17(23)20(21-18(22)24)11-14(2)10-19(3,4)13-20/h6-9,14H,5,10-13H2,1-4H3,(H,21,24)/t14-,20-/m1/s1. The molecule has 5 heteroatoms. The van der Waals surface area contributed by atoms with Gasteiger partial charge in [-0.05, 0) is 43.6 Å². The predicted octanol–water partition coefficient (Wildman–Crippen LogP) is 3.72. The van der Waals surface area contributed by atoms with Crippen LogP contribution in [0.2, 0.25) is 0 Å².